The Hall–Kier alpha value is -2.07. The molecule has 0 N–H and O–H groups in total. The summed E-state index contributed by atoms with van der Waals surface area (Å²) in [4.78, 5) is 8.68. The zero-order valence-corrected chi connectivity index (χ0v) is 12.7. The molecule has 1 unspecified atom stereocenters. The lowest BCUT2D eigenvalue weighted by Gasteiger charge is -2.17. The highest BCUT2D eigenvalue weighted by Crippen LogP contribution is 2.27. The van der Waals surface area contributed by atoms with Gasteiger partial charge >= 0.3 is 0 Å². The third kappa shape index (κ3) is 2.47. The minimum atomic E-state index is 0.136. The number of nitrogens with zero attached hydrogens (tertiary/aromatic N) is 3. The summed E-state index contributed by atoms with van der Waals surface area (Å²) in [5.41, 5.74) is 3.09. The Bertz CT molecular complexity index is 752. The van der Waals surface area contributed by atoms with Gasteiger partial charge in [-0.05, 0) is 30.7 Å². The Morgan fingerprint density at radius 1 is 1.24 bits per heavy atom. The van der Waals surface area contributed by atoms with Crippen molar-refractivity contribution in [2.24, 2.45) is 0 Å². The van der Waals surface area contributed by atoms with Crippen LogP contribution in [0.3, 0.4) is 0 Å². The normalized spacial score (nSPS) is 12.5. The highest BCUT2D eigenvalue weighted by Gasteiger charge is 2.16. The van der Waals surface area contributed by atoms with Crippen LogP contribution in [0.5, 0.6) is 5.75 Å². The molecular formula is C16H16ClN3O. The fourth-order valence-corrected chi connectivity index (χ4v) is 2.75. The van der Waals surface area contributed by atoms with Gasteiger partial charge < -0.3 is 9.30 Å². The molecule has 21 heavy (non-hydrogen) atoms. The summed E-state index contributed by atoms with van der Waals surface area (Å²) in [6.07, 6.45) is 3.54. The molecule has 0 bridgehead atoms. The van der Waals surface area contributed by atoms with Crippen LogP contribution in [0.1, 0.15) is 24.4 Å². The van der Waals surface area contributed by atoms with E-state index in [1.165, 1.54) is 5.56 Å². The maximum Gasteiger partial charge on any atom is 0.125 e. The van der Waals surface area contributed by atoms with E-state index >= 15 is 0 Å². The molecule has 0 amide bonds. The minimum Gasteiger partial charge on any atom is -0.497 e. The zero-order valence-electron chi connectivity index (χ0n) is 12.0. The number of ether oxygens (including phenoxy) is 1. The fraction of sp³-hybridized carbons (Fsp3) is 0.250. The molecule has 0 aliphatic carbocycles. The number of hydrogen-bond donors (Lipinski definition) is 0. The number of pyridine rings is 1. The van der Waals surface area contributed by atoms with Crippen molar-refractivity contribution >= 4 is 22.6 Å². The molecule has 0 radical (unpaired) electrons. The molecule has 5 heteroatoms. The molecule has 2 heterocycles. The molecule has 0 fully saturated rings. The molecule has 3 rings (SSSR count). The zero-order chi connectivity index (χ0) is 14.8. The van der Waals surface area contributed by atoms with Gasteiger partial charge in [-0.25, -0.2) is 4.98 Å². The molecule has 4 nitrogen and oxygen atoms in total. The second-order valence-corrected chi connectivity index (χ2v) is 5.11. The Morgan fingerprint density at radius 2 is 2.00 bits per heavy atom. The van der Waals surface area contributed by atoms with Gasteiger partial charge in [0, 0.05) is 6.20 Å². The number of alkyl halides is 1. The largest absolute Gasteiger partial charge is 0.497 e. The van der Waals surface area contributed by atoms with Crippen LogP contribution in [-0.4, -0.2) is 21.6 Å². The number of imidazole rings is 1. The van der Waals surface area contributed by atoms with Gasteiger partial charge in [0.2, 0.25) is 0 Å². The van der Waals surface area contributed by atoms with Gasteiger partial charge in [0.1, 0.15) is 17.1 Å². The maximum absolute atomic E-state index is 6.06. The summed E-state index contributed by atoms with van der Waals surface area (Å²) in [5, 5.41) is 0. The van der Waals surface area contributed by atoms with Crippen molar-refractivity contribution in [3.05, 3.63) is 54.1 Å². The highest BCUT2D eigenvalue weighted by atomic mass is 35.5. The Morgan fingerprint density at radius 3 is 2.67 bits per heavy atom. The average Bonchev–Trinajstić information content (AvgIpc) is 2.92. The van der Waals surface area contributed by atoms with Crippen LogP contribution in [-0.2, 0) is 5.88 Å². The van der Waals surface area contributed by atoms with Gasteiger partial charge in [0.05, 0.1) is 30.7 Å². The summed E-state index contributed by atoms with van der Waals surface area (Å²) < 4.78 is 7.36. The predicted octanol–water partition coefficient (Wildman–Crippen LogP) is 3.79. The predicted molar refractivity (Wildman–Crippen MR) is 83.9 cm³/mol. The number of aromatic nitrogens is 3. The van der Waals surface area contributed by atoms with Crippen LogP contribution < -0.4 is 4.74 Å². The van der Waals surface area contributed by atoms with E-state index in [0.29, 0.717) is 5.88 Å². The first-order chi connectivity index (χ1) is 10.2. The number of methoxy groups -OCH3 is 1. The monoisotopic (exact) mass is 301 g/mol. The topological polar surface area (TPSA) is 39.9 Å². The number of hydrogen-bond acceptors (Lipinski definition) is 3. The third-order valence-electron chi connectivity index (χ3n) is 3.67. The Labute approximate surface area is 128 Å². The second kappa shape index (κ2) is 5.74. The van der Waals surface area contributed by atoms with Gasteiger partial charge in [0.25, 0.3) is 0 Å². The molecule has 2 aromatic heterocycles. The van der Waals surface area contributed by atoms with Crippen molar-refractivity contribution in [2.75, 3.05) is 7.11 Å². The lowest BCUT2D eigenvalue weighted by Crippen LogP contribution is -2.09. The van der Waals surface area contributed by atoms with E-state index in [-0.39, 0.29) is 6.04 Å². The van der Waals surface area contributed by atoms with Crippen molar-refractivity contribution in [3.63, 3.8) is 0 Å². The summed E-state index contributed by atoms with van der Waals surface area (Å²) in [6.45, 7) is 2.14. The van der Waals surface area contributed by atoms with Crippen LogP contribution in [0.15, 0.2) is 42.7 Å². The first-order valence-corrected chi connectivity index (χ1v) is 7.28. The number of fused-ring (bicyclic) bond motifs is 1. The van der Waals surface area contributed by atoms with Crippen molar-refractivity contribution in [1.29, 1.82) is 0 Å². The number of benzene rings is 1. The van der Waals surface area contributed by atoms with Gasteiger partial charge in [-0.1, -0.05) is 12.1 Å². The lowest BCUT2D eigenvalue weighted by atomic mass is 10.1. The van der Waals surface area contributed by atoms with E-state index < -0.39 is 0 Å². The smallest absolute Gasteiger partial charge is 0.125 e. The second-order valence-electron chi connectivity index (χ2n) is 4.85. The highest BCUT2D eigenvalue weighted by molar-refractivity contribution is 6.16. The standard InChI is InChI=1S/C16H16ClN3O/c1-11(12-3-5-13(21-2)6-4-12)20-15-7-8-18-10-14(15)19-16(20)9-17/h3-8,10-11H,9H2,1-2H3. The van der Waals surface area contributed by atoms with Crippen molar-refractivity contribution in [2.45, 2.75) is 18.8 Å². The molecule has 1 atom stereocenters. The van der Waals surface area contributed by atoms with E-state index in [4.69, 9.17) is 16.3 Å². The van der Waals surface area contributed by atoms with Crippen LogP contribution in [0.25, 0.3) is 11.0 Å². The third-order valence-corrected chi connectivity index (χ3v) is 3.91. The van der Waals surface area contributed by atoms with E-state index in [1.54, 1.807) is 19.5 Å². The summed E-state index contributed by atoms with van der Waals surface area (Å²) >= 11 is 6.06. The van der Waals surface area contributed by atoms with Crippen LogP contribution in [0.2, 0.25) is 0 Å². The van der Waals surface area contributed by atoms with Gasteiger partial charge in [0.15, 0.2) is 0 Å². The summed E-state index contributed by atoms with van der Waals surface area (Å²) in [6, 6.07) is 10.2. The van der Waals surface area contributed by atoms with Crippen molar-refractivity contribution < 1.29 is 4.74 Å². The first kappa shape index (κ1) is 13.9. The van der Waals surface area contributed by atoms with E-state index in [1.807, 2.05) is 18.2 Å². The summed E-state index contributed by atoms with van der Waals surface area (Å²) in [7, 11) is 1.67. The maximum atomic E-state index is 6.06. The van der Waals surface area contributed by atoms with Crippen LogP contribution in [0, 0.1) is 0 Å². The van der Waals surface area contributed by atoms with E-state index in [2.05, 4.69) is 33.6 Å². The molecular weight excluding hydrogens is 286 g/mol. The SMILES string of the molecule is COc1ccc(C(C)n2c(CCl)nc3cnccc32)cc1. The molecule has 0 spiro atoms. The molecule has 1 aromatic carbocycles. The quantitative estimate of drug-likeness (QED) is 0.688. The molecule has 108 valence electrons. The minimum absolute atomic E-state index is 0.136. The van der Waals surface area contributed by atoms with E-state index in [0.717, 1.165) is 22.6 Å². The lowest BCUT2D eigenvalue weighted by molar-refractivity contribution is 0.414. The van der Waals surface area contributed by atoms with E-state index in [9.17, 15) is 0 Å². The molecule has 0 aliphatic rings. The number of halogens is 1. The molecule has 0 saturated heterocycles. The van der Waals surface area contributed by atoms with Gasteiger partial charge in [-0.15, -0.1) is 11.6 Å². The number of rotatable bonds is 4. The Kier molecular flexibility index (Phi) is 3.80. The molecule has 0 aliphatic heterocycles. The Balaban J connectivity index is 2.09. The molecule has 3 aromatic rings. The fourth-order valence-electron chi connectivity index (χ4n) is 2.56. The van der Waals surface area contributed by atoms with Crippen LogP contribution in [0.4, 0.5) is 0 Å². The summed E-state index contributed by atoms with van der Waals surface area (Å²) in [5.74, 6) is 2.07. The molecule has 0 saturated carbocycles. The van der Waals surface area contributed by atoms with Crippen molar-refractivity contribution in [1.82, 2.24) is 14.5 Å². The average molecular weight is 302 g/mol. The first-order valence-electron chi connectivity index (χ1n) is 6.75. The van der Waals surface area contributed by atoms with Crippen LogP contribution >= 0.6 is 11.6 Å². The van der Waals surface area contributed by atoms with Gasteiger partial charge in [-0.2, -0.15) is 0 Å². The van der Waals surface area contributed by atoms with Crippen molar-refractivity contribution in [3.8, 4) is 5.75 Å². The van der Waals surface area contributed by atoms with Gasteiger partial charge in [-0.3, -0.25) is 4.98 Å².